The van der Waals surface area contributed by atoms with Gasteiger partial charge in [-0.25, -0.2) is 0 Å². The minimum Gasteiger partial charge on any atom is -0.465 e. The molecular formula is C13H20N2O3. The summed E-state index contributed by atoms with van der Waals surface area (Å²) >= 11 is 0. The van der Waals surface area contributed by atoms with E-state index in [2.05, 4.69) is 17.1 Å². The van der Waals surface area contributed by atoms with E-state index in [1.807, 2.05) is 13.8 Å². The lowest BCUT2D eigenvalue weighted by atomic mass is 9.96. The summed E-state index contributed by atoms with van der Waals surface area (Å²) in [5.74, 6) is 0.417. The SMILES string of the molecule is CCOC(=O)C(c1nc(C2(C)CC2)no1)C(C)C. The van der Waals surface area contributed by atoms with Gasteiger partial charge in [0.25, 0.3) is 0 Å². The van der Waals surface area contributed by atoms with Crippen LogP contribution in [0, 0.1) is 5.92 Å². The van der Waals surface area contributed by atoms with Crippen molar-refractivity contribution in [2.45, 2.75) is 51.9 Å². The summed E-state index contributed by atoms with van der Waals surface area (Å²) in [6.07, 6.45) is 2.16. The molecule has 0 radical (unpaired) electrons. The van der Waals surface area contributed by atoms with Gasteiger partial charge in [0.2, 0.25) is 5.89 Å². The van der Waals surface area contributed by atoms with Crippen molar-refractivity contribution >= 4 is 5.97 Å². The van der Waals surface area contributed by atoms with Gasteiger partial charge in [-0.1, -0.05) is 25.9 Å². The predicted molar refractivity (Wildman–Crippen MR) is 65.1 cm³/mol. The lowest BCUT2D eigenvalue weighted by Crippen LogP contribution is -2.21. The lowest BCUT2D eigenvalue weighted by molar-refractivity contribution is -0.146. The Morgan fingerprint density at radius 1 is 1.50 bits per heavy atom. The highest BCUT2D eigenvalue weighted by molar-refractivity contribution is 5.77. The smallest absolute Gasteiger partial charge is 0.318 e. The summed E-state index contributed by atoms with van der Waals surface area (Å²) in [6.45, 7) is 8.16. The van der Waals surface area contributed by atoms with Crippen LogP contribution in [-0.2, 0) is 14.9 Å². The number of ether oxygens (including phenoxy) is 1. The average molecular weight is 252 g/mol. The predicted octanol–water partition coefficient (Wildman–Crippen LogP) is 2.42. The zero-order chi connectivity index (χ0) is 13.3. The minimum atomic E-state index is -0.464. The molecule has 1 aliphatic rings. The molecule has 1 fully saturated rings. The standard InChI is InChI=1S/C13H20N2O3/c1-5-17-11(16)9(8(2)3)10-14-12(15-18-10)13(4)6-7-13/h8-9H,5-7H2,1-4H3. The van der Waals surface area contributed by atoms with Crippen LogP contribution in [0.15, 0.2) is 4.52 Å². The molecule has 5 heteroatoms. The molecule has 0 aliphatic heterocycles. The largest absolute Gasteiger partial charge is 0.465 e. The molecule has 1 saturated carbocycles. The van der Waals surface area contributed by atoms with Gasteiger partial charge in [-0.05, 0) is 25.7 Å². The molecule has 1 aromatic heterocycles. The highest BCUT2D eigenvalue weighted by Crippen LogP contribution is 2.46. The zero-order valence-corrected chi connectivity index (χ0v) is 11.4. The fourth-order valence-electron chi connectivity index (χ4n) is 1.91. The van der Waals surface area contributed by atoms with E-state index in [1.165, 1.54) is 0 Å². The van der Waals surface area contributed by atoms with Crippen molar-refractivity contribution in [1.29, 1.82) is 0 Å². The second-order valence-corrected chi connectivity index (χ2v) is 5.49. The summed E-state index contributed by atoms with van der Waals surface area (Å²) < 4.78 is 10.3. The Hall–Kier alpha value is -1.39. The average Bonchev–Trinajstić information content (AvgIpc) is 2.86. The molecule has 0 aromatic carbocycles. The lowest BCUT2D eigenvalue weighted by Gasteiger charge is -2.14. The van der Waals surface area contributed by atoms with Crippen molar-refractivity contribution < 1.29 is 14.1 Å². The molecule has 0 spiro atoms. The van der Waals surface area contributed by atoms with E-state index in [4.69, 9.17) is 9.26 Å². The Balaban J connectivity index is 2.20. The van der Waals surface area contributed by atoms with Crippen LogP contribution in [0.1, 0.15) is 58.2 Å². The molecule has 2 rings (SSSR count). The van der Waals surface area contributed by atoms with Crippen molar-refractivity contribution in [2.24, 2.45) is 5.92 Å². The maximum atomic E-state index is 11.9. The van der Waals surface area contributed by atoms with Crippen molar-refractivity contribution in [3.8, 4) is 0 Å². The van der Waals surface area contributed by atoms with Gasteiger partial charge in [0.1, 0.15) is 5.92 Å². The van der Waals surface area contributed by atoms with Gasteiger partial charge in [-0.15, -0.1) is 0 Å². The number of rotatable bonds is 5. The highest BCUT2D eigenvalue weighted by Gasteiger charge is 2.44. The topological polar surface area (TPSA) is 65.2 Å². The summed E-state index contributed by atoms with van der Waals surface area (Å²) in [6, 6.07) is 0. The normalized spacial score (nSPS) is 18.7. The molecule has 0 N–H and O–H groups in total. The van der Waals surface area contributed by atoms with Crippen molar-refractivity contribution in [3.63, 3.8) is 0 Å². The van der Waals surface area contributed by atoms with Crippen LogP contribution < -0.4 is 0 Å². The molecule has 1 aromatic rings. The van der Waals surface area contributed by atoms with Gasteiger partial charge >= 0.3 is 5.97 Å². The number of hydrogen-bond donors (Lipinski definition) is 0. The molecule has 18 heavy (non-hydrogen) atoms. The monoisotopic (exact) mass is 252 g/mol. The molecule has 1 heterocycles. The van der Waals surface area contributed by atoms with Crippen molar-refractivity contribution in [2.75, 3.05) is 6.61 Å². The van der Waals surface area contributed by atoms with Crippen LogP contribution in [0.25, 0.3) is 0 Å². The van der Waals surface area contributed by atoms with Crippen LogP contribution >= 0.6 is 0 Å². The zero-order valence-electron chi connectivity index (χ0n) is 11.4. The Labute approximate surface area is 107 Å². The molecule has 1 atom stereocenters. The minimum absolute atomic E-state index is 0.0535. The maximum Gasteiger partial charge on any atom is 0.318 e. The Kier molecular flexibility index (Phi) is 3.41. The molecule has 100 valence electrons. The first kappa shape index (κ1) is 13.1. The molecule has 0 saturated heterocycles. The van der Waals surface area contributed by atoms with Crippen LogP contribution in [0.3, 0.4) is 0 Å². The van der Waals surface area contributed by atoms with Gasteiger partial charge in [0.05, 0.1) is 6.61 Å². The first-order chi connectivity index (χ1) is 8.48. The van der Waals surface area contributed by atoms with Gasteiger partial charge in [-0.2, -0.15) is 4.98 Å². The Morgan fingerprint density at radius 3 is 2.67 bits per heavy atom. The second kappa shape index (κ2) is 4.71. The number of hydrogen-bond acceptors (Lipinski definition) is 5. The molecule has 1 aliphatic carbocycles. The van der Waals surface area contributed by atoms with E-state index >= 15 is 0 Å². The van der Waals surface area contributed by atoms with E-state index < -0.39 is 5.92 Å². The van der Waals surface area contributed by atoms with Crippen LogP contribution in [0.5, 0.6) is 0 Å². The first-order valence-electron chi connectivity index (χ1n) is 6.48. The number of carbonyl (C=O) groups is 1. The number of aromatic nitrogens is 2. The quantitative estimate of drug-likeness (QED) is 0.753. The van der Waals surface area contributed by atoms with Gasteiger partial charge < -0.3 is 9.26 Å². The molecule has 5 nitrogen and oxygen atoms in total. The Bertz CT molecular complexity index is 435. The van der Waals surface area contributed by atoms with Crippen LogP contribution in [0.2, 0.25) is 0 Å². The third kappa shape index (κ3) is 2.40. The fraction of sp³-hybridized carbons (Fsp3) is 0.769. The third-order valence-corrected chi connectivity index (χ3v) is 3.45. The number of nitrogens with zero attached hydrogens (tertiary/aromatic N) is 2. The van der Waals surface area contributed by atoms with E-state index in [1.54, 1.807) is 6.92 Å². The van der Waals surface area contributed by atoms with E-state index in [9.17, 15) is 4.79 Å². The van der Waals surface area contributed by atoms with E-state index in [0.29, 0.717) is 18.3 Å². The highest BCUT2D eigenvalue weighted by atomic mass is 16.5. The fourth-order valence-corrected chi connectivity index (χ4v) is 1.91. The molecular weight excluding hydrogens is 232 g/mol. The van der Waals surface area contributed by atoms with Crippen molar-refractivity contribution in [1.82, 2.24) is 10.1 Å². The second-order valence-electron chi connectivity index (χ2n) is 5.49. The third-order valence-electron chi connectivity index (χ3n) is 3.45. The first-order valence-corrected chi connectivity index (χ1v) is 6.48. The van der Waals surface area contributed by atoms with E-state index in [0.717, 1.165) is 12.8 Å². The summed E-state index contributed by atoms with van der Waals surface area (Å²) in [7, 11) is 0. The maximum absolute atomic E-state index is 11.9. The van der Waals surface area contributed by atoms with Gasteiger partial charge in [0, 0.05) is 5.41 Å². The van der Waals surface area contributed by atoms with Crippen LogP contribution in [0.4, 0.5) is 0 Å². The number of esters is 1. The molecule has 0 bridgehead atoms. The summed E-state index contributed by atoms with van der Waals surface area (Å²) in [4.78, 5) is 16.3. The van der Waals surface area contributed by atoms with Crippen LogP contribution in [-0.4, -0.2) is 22.7 Å². The van der Waals surface area contributed by atoms with Gasteiger partial charge in [-0.3, -0.25) is 4.79 Å². The molecule has 1 unspecified atom stereocenters. The van der Waals surface area contributed by atoms with Gasteiger partial charge in [0.15, 0.2) is 5.82 Å². The summed E-state index contributed by atoms with van der Waals surface area (Å²) in [5, 5.41) is 4.00. The summed E-state index contributed by atoms with van der Waals surface area (Å²) in [5.41, 5.74) is 0.0535. The van der Waals surface area contributed by atoms with Crippen molar-refractivity contribution in [3.05, 3.63) is 11.7 Å². The molecule has 0 amide bonds. The number of carbonyl (C=O) groups excluding carboxylic acids is 1. The van der Waals surface area contributed by atoms with E-state index in [-0.39, 0.29) is 17.3 Å². The Morgan fingerprint density at radius 2 is 2.17 bits per heavy atom.